The molecule has 1 aromatic heterocycles. The van der Waals surface area contributed by atoms with Gasteiger partial charge in [-0.05, 0) is 36.8 Å². The highest BCUT2D eigenvalue weighted by atomic mass is 14.7. The lowest BCUT2D eigenvalue weighted by Gasteiger charge is -2.01. The van der Waals surface area contributed by atoms with Crippen molar-refractivity contribution in [2.75, 3.05) is 0 Å². The van der Waals surface area contributed by atoms with Gasteiger partial charge in [-0.25, -0.2) is 0 Å². The fourth-order valence-electron chi connectivity index (χ4n) is 1.24. The Balaban J connectivity index is 0. The lowest BCUT2D eigenvalue weighted by atomic mass is 10.1. The van der Waals surface area contributed by atoms with E-state index in [1.807, 2.05) is 78.1 Å². The van der Waals surface area contributed by atoms with Gasteiger partial charge in [-0.2, -0.15) is 0 Å². The Labute approximate surface area is 113 Å². The normalized spacial score (nSPS) is 9.50. The van der Waals surface area contributed by atoms with Crippen molar-refractivity contribution in [2.24, 2.45) is 0 Å². The summed E-state index contributed by atoms with van der Waals surface area (Å²) in [4.78, 5) is 4.26. The molecule has 0 aliphatic heterocycles. The van der Waals surface area contributed by atoms with E-state index in [9.17, 15) is 0 Å². The molecule has 0 unspecified atom stereocenters. The monoisotopic (exact) mass is 245 g/mol. The minimum absolute atomic E-state index is 1.02. The molecule has 0 radical (unpaired) electrons. The van der Waals surface area contributed by atoms with Gasteiger partial charge in [-0.3, -0.25) is 4.98 Å². The molecule has 1 heteroatoms. The predicted molar refractivity (Wildman–Crippen MR) is 84.6 cm³/mol. The molecule has 1 aliphatic rings. The van der Waals surface area contributed by atoms with Crippen LogP contribution in [0.25, 0.3) is 12.2 Å². The molecule has 0 fully saturated rings. The van der Waals surface area contributed by atoms with E-state index < -0.39 is 0 Å². The quantitative estimate of drug-likeness (QED) is 0.537. The third-order valence-electron chi connectivity index (χ3n) is 1.91. The fraction of sp³-hybridized carbons (Fsp3) is 0.412. The van der Waals surface area contributed by atoms with Crippen molar-refractivity contribution in [3.63, 3.8) is 0 Å². The summed E-state index contributed by atoms with van der Waals surface area (Å²) in [6, 6.07) is 2.01. The SMILES string of the molecule is CC.CC.CC.Cc1ccnc2c1C=C=CC=C2. The molecule has 0 spiro atoms. The molecule has 0 N–H and O–H groups in total. The van der Waals surface area contributed by atoms with Crippen molar-refractivity contribution in [3.8, 4) is 0 Å². The number of aryl methyl sites for hydroxylation is 1. The number of hydrogen-bond acceptors (Lipinski definition) is 1. The molecule has 0 saturated carbocycles. The van der Waals surface area contributed by atoms with Crippen LogP contribution in [-0.2, 0) is 0 Å². The summed E-state index contributed by atoms with van der Waals surface area (Å²) in [6.45, 7) is 14.1. The summed E-state index contributed by atoms with van der Waals surface area (Å²) in [5.74, 6) is 0. The molecular weight excluding hydrogens is 218 g/mol. The van der Waals surface area contributed by atoms with Gasteiger partial charge in [0, 0.05) is 11.8 Å². The second-order valence-corrected chi connectivity index (χ2v) is 2.76. The molecular formula is C17H27N. The van der Waals surface area contributed by atoms with E-state index >= 15 is 0 Å². The van der Waals surface area contributed by atoms with Gasteiger partial charge in [0.1, 0.15) is 0 Å². The molecule has 0 bridgehead atoms. The van der Waals surface area contributed by atoms with E-state index in [0.29, 0.717) is 0 Å². The highest BCUT2D eigenvalue weighted by Gasteiger charge is 2.00. The van der Waals surface area contributed by atoms with E-state index in [-0.39, 0.29) is 0 Å². The molecule has 100 valence electrons. The number of pyridine rings is 1. The molecule has 1 aromatic rings. The van der Waals surface area contributed by atoms with Crippen LogP contribution < -0.4 is 0 Å². The Morgan fingerprint density at radius 2 is 1.61 bits per heavy atom. The molecule has 0 amide bonds. The topological polar surface area (TPSA) is 12.9 Å². The highest BCUT2D eigenvalue weighted by Crippen LogP contribution is 2.15. The number of hydrogen-bond donors (Lipinski definition) is 0. The zero-order valence-corrected chi connectivity index (χ0v) is 12.9. The second kappa shape index (κ2) is 13.5. The minimum Gasteiger partial charge on any atom is -0.256 e. The summed E-state index contributed by atoms with van der Waals surface area (Å²) in [7, 11) is 0. The van der Waals surface area contributed by atoms with Gasteiger partial charge < -0.3 is 0 Å². The van der Waals surface area contributed by atoms with Gasteiger partial charge in [0.05, 0.1) is 5.69 Å². The van der Waals surface area contributed by atoms with Gasteiger partial charge in [-0.15, -0.1) is 5.73 Å². The number of nitrogens with zero attached hydrogens (tertiary/aromatic N) is 1. The summed E-state index contributed by atoms with van der Waals surface area (Å²) in [5, 5.41) is 0. The number of allylic oxidation sites excluding steroid dienone is 2. The summed E-state index contributed by atoms with van der Waals surface area (Å²) in [5.41, 5.74) is 6.50. The van der Waals surface area contributed by atoms with Crippen molar-refractivity contribution < 1.29 is 0 Å². The third-order valence-corrected chi connectivity index (χ3v) is 1.91. The molecule has 1 aliphatic carbocycles. The molecule has 0 atom stereocenters. The highest BCUT2D eigenvalue weighted by molar-refractivity contribution is 5.67. The summed E-state index contributed by atoms with van der Waals surface area (Å²) >= 11 is 0. The van der Waals surface area contributed by atoms with Gasteiger partial charge in [0.2, 0.25) is 0 Å². The predicted octanol–water partition coefficient (Wildman–Crippen LogP) is 5.66. The smallest absolute Gasteiger partial charge is 0.0711 e. The molecule has 2 rings (SSSR count). The van der Waals surface area contributed by atoms with Crippen LogP contribution >= 0.6 is 0 Å². The molecule has 18 heavy (non-hydrogen) atoms. The van der Waals surface area contributed by atoms with E-state index in [1.54, 1.807) is 0 Å². The first kappa shape index (κ1) is 18.8. The summed E-state index contributed by atoms with van der Waals surface area (Å²) < 4.78 is 0. The first-order valence-electron chi connectivity index (χ1n) is 6.93. The number of fused-ring (bicyclic) bond motifs is 1. The van der Waals surface area contributed by atoms with E-state index in [1.165, 1.54) is 11.1 Å². The van der Waals surface area contributed by atoms with Crippen LogP contribution in [-0.4, -0.2) is 4.98 Å². The Kier molecular flexibility index (Phi) is 14.0. The second-order valence-electron chi connectivity index (χ2n) is 2.76. The van der Waals surface area contributed by atoms with Crippen LogP contribution in [0, 0.1) is 6.92 Å². The molecule has 0 saturated heterocycles. The van der Waals surface area contributed by atoms with Crippen molar-refractivity contribution in [1.29, 1.82) is 0 Å². The van der Waals surface area contributed by atoms with Gasteiger partial charge in [0.25, 0.3) is 0 Å². The van der Waals surface area contributed by atoms with Crippen molar-refractivity contribution in [3.05, 3.63) is 47.0 Å². The average Bonchev–Trinajstić information content (AvgIpc) is 2.72. The Hall–Kier alpha value is -1.59. The minimum atomic E-state index is 1.02. The largest absolute Gasteiger partial charge is 0.256 e. The first-order valence-corrected chi connectivity index (χ1v) is 6.93. The van der Waals surface area contributed by atoms with Gasteiger partial charge >= 0.3 is 0 Å². The maximum absolute atomic E-state index is 4.26. The van der Waals surface area contributed by atoms with Crippen LogP contribution in [0.4, 0.5) is 0 Å². The van der Waals surface area contributed by atoms with Gasteiger partial charge in [-0.1, -0.05) is 47.6 Å². The van der Waals surface area contributed by atoms with E-state index in [0.717, 1.165) is 5.69 Å². The maximum atomic E-state index is 4.26. The molecule has 1 nitrogen and oxygen atoms in total. The first-order chi connectivity index (χ1) is 8.88. The lowest BCUT2D eigenvalue weighted by Crippen LogP contribution is -1.88. The lowest BCUT2D eigenvalue weighted by molar-refractivity contribution is 1.24. The van der Waals surface area contributed by atoms with Crippen molar-refractivity contribution >= 4 is 12.2 Å². The Morgan fingerprint density at radius 1 is 1.00 bits per heavy atom. The Morgan fingerprint density at radius 3 is 2.22 bits per heavy atom. The maximum Gasteiger partial charge on any atom is 0.0711 e. The fourth-order valence-corrected chi connectivity index (χ4v) is 1.24. The van der Waals surface area contributed by atoms with Crippen LogP contribution in [0.5, 0.6) is 0 Å². The number of aromatic nitrogens is 1. The summed E-state index contributed by atoms with van der Waals surface area (Å²) in [6.07, 6.45) is 9.64. The number of rotatable bonds is 0. The van der Waals surface area contributed by atoms with Crippen LogP contribution in [0.15, 0.2) is 30.1 Å². The van der Waals surface area contributed by atoms with E-state index in [2.05, 4.69) is 17.6 Å². The standard InChI is InChI=1S/C11H9N.3C2H6/c1-9-7-8-12-11-6-4-2-3-5-10(9)11;3*1-2/h2,4-8H,1H3;3*1-2H3. The zero-order chi connectivity index (χ0) is 14.4. The van der Waals surface area contributed by atoms with Crippen LogP contribution in [0.3, 0.4) is 0 Å². The van der Waals surface area contributed by atoms with E-state index in [4.69, 9.17) is 0 Å². The van der Waals surface area contributed by atoms with Crippen LogP contribution in [0.2, 0.25) is 0 Å². The zero-order valence-electron chi connectivity index (χ0n) is 12.9. The Bertz CT molecular complexity index is 394. The average molecular weight is 245 g/mol. The van der Waals surface area contributed by atoms with Crippen LogP contribution in [0.1, 0.15) is 58.4 Å². The van der Waals surface area contributed by atoms with Crippen molar-refractivity contribution in [2.45, 2.75) is 48.5 Å². The van der Waals surface area contributed by atoms with Gasteiger partial charge in [0.15, 0.2) is 0 Å². The third kappa shape index (κ3) is 6.22. The molecule has 0 aromatic carbocycles. The molecule has 1 heterocycles. The van der Waals surface area contributed by atoms with Crippen molar-refractivity contribution in [1.82, 2.24) is 4.98 Å².